The van der Waals surface area contributed by atoms with Gasteiger partial charge in [0, 0.05) is 19.6 Å². The zero-order valence-corrected chi connectivity index (χ0v) is 31.8. The number of carbonyl (C=O) groups is 6. The van der Waals surface area contributed by atoms with Crippen molar-refractivity contribution in [2.24, 2.45) is 28.6 Å². The Labute approximate surface area is 307 Å². The second kappa shape index (κ2) is 16.9. The average molecular weight is 723 g/mol. The SMILES string of the molecule is C=CCNC(=O)C(=O)C(CCCC)NC(=O)C1[C@@H]2[C@H](CN1C(=O)C(NC(=O)N[C@H](COC(=O)NCC)C(C)(C)C)C1Cc3ccccc3C1)C2(C)C. The molecule has 0 spiro atoms. The van der Waals surface area contributed by atoms with E-state index in [4.69, 9.17) is 4.74 Å². The van der Waals surface area contributed by atoms with Gasteiger partial charge in [0.25, 0.3) is 5.91 Å². The summed E-state index contributed by atoms with van der Waals surface area (Å²) in [5.74, 6) is -2.77. The molecule has 0 bridgehead atoms. The highest BCUT2D eigenvalue weighted by Crippen LogP contribution is 2.65. The Morgan fingerprint density at radius 2 is 1.65 bits per heavy atom. The number of benzene rings is 1. The third-order valence-corrected chi connectivity index (χ3v) is 11.0. The van der Waals surface area contributed by atoms with Crippen molar-refractivity contribution in [2.75, 3.05) is 26.2 Å². The van der Waals surface area contributed by atoms with Gasteiger partial charge in [-0.05, 0) is 65.9 Å². The fraction of sp³-hybridized carbons (Fsp3) is 0.641. The molecule has 1 aromatic carbocycles. The maximum atomic E-state index is 14.8. The maximum absolute atomic E-state index is 14.8. The van der Waals surface area contributed by atoms with E-state index in [9.17, 15) is 28.8 Å². The molecular formula is C39H58N6O7. The first kappa shape index (κ1) is 40.4. The predicted molar refractivity (Wildman–Crippen MR) is 197 cm³/mol. The fourth-order valence-corrected chi connectivity index (χ4v) is 7.75. The largest absolute Gasteiger partial charge is 0.447 e. The Hall–Kier alpha value is -4.42. The number of unbranched alkanes of at least 4 members (excludes halogenated alkanes) is 1. The number of likely N-dealkylation sites (tertiary alicyclic amines) is 1. The van der Waals surface area contributed by atoms with Gasteiger partial charge in [0.15, 0.2) is 0 Å². The van der Waals surface area contributed by atoms with Crippen LogP contribution in [0, 0.1) is 28.6 Å². The number of nitrogens with zero attached hydrogens (tertiary/aromatic N) is 1. The summed E-state index contributed by atoms with van der Waals surface area (Å²) >= 11 is 0. The molecule has 0 aromatic heterocycles. The molecule has 1 aliphatic heterocycles. The number of fused-ring (bicyclic) bond motifs is 2. The molecule has 3 aliphatic rings. The number of nitrogens with one attached hydrogen (secondary N) is 5. The Bertz CT molecular complexity index is 1500. The average Bonchev–Trinajstić information content (AvgIpc) is 3.44. The highest BCUT2D eigenvalue weighted by molar-refractivity contribution is 6.38. The van der Waals surface area contributed by atoms with Crippen LogP contribution in [0.4, 0.5) is 9.59 Å². The highest BCUT2D eigenvalue weighted by Gasteiger charge is 2.69. The van der Waals surface area contributed by atoms with Gasteiger partial charge >= 0.3 is 12.1 Å². The molecule has 13 heteroatoms. The van der Waals surface area contributed by atoms with Crippen LogP contribution >= 0.6 is 0 Å². The minimum atomic E-state index is -1.05. The summed E-state index contributed by atoms with van der Waals surface area (Å²) in [5, 5.41) is 13.9. The molecule has 6 atom stereocenters. The van der Waals surface area contributed by atoms with Gasteiger partial charge in [-0.15, -0.1) is 6.58 Å². The van der Waals surface area contributed by atoms with E-state index in [0.717, 1.165) is 17.5 Å². The first-order valence-electron chi connectivity index (χ1n) is 18.6. The molecule has 4 rings (SSSR count). The van der Waals surface area contributed by atoms with Crippen molar-refractivity contribution in [1.82, 2.24) is 31.5 Å². The molecule has 13 nitrogen and oxygen atoms in total. The van der Waals surface area contributed by atoms with Crippen LogP contribution in [0.25, 0.3) is 0 Å². The molecule has 5 N–H and O–H groups in total. The summed E-state index contributed by atoms with van der Waals surface area (Å²) < 4.78 is 5.37. The molecule has 0 radical (unpaired) electrons. The molecule has 286 valence electrons. The van der Waals surface area contributed by atoms with Crippen molar-refractivity contribution in [3.05, 3.63) is 48.0 Å². The lowest BCUT2D eigenvalue weighted by Gasteiger charge is -2.36. The van der Waals surface area contributed by atoms with Crippen LogP contribution in [-0.2, 0) is 36.8 Å². The molecular weight excluding hydrogens is 664 g/mol. The molecule has 1 saturated heterocycles. The van der Waals surface area contributed by atoms with Gasteiger partial charge in [0.05, 0.1) is 12.1 Å². The normalized spacial score (nSPS) is 21.8. The van der Waals surface area contributed by atoms with Crippen LogP contribution in [0.3, 0.4) is 0 Å². The second-order valence-electron chi connectivity index (χ2n) is 16.0. The van der Waals surface area contributed by atoms with Gasteiger partial charge in [0.2, 0.25) is 17.6 Å². The molecule has 52 heavy (non-hydrogen) atoms. The maximum Gasteiger partial charge on any atom is 0.407 e. The van der Waals surface area contributed by atoms with E-state index in [0.29, 0.717) is 32.4 Å². The Morgan fingerprint density at radius 3 is 2.23 bits per heavy atom. The first-order valence-corrected chi connectivity index (χ1v) is 18.6. The van der Waals surface area contributed by atoms with E-state index in [1.807, 2.05) is 52.0 Å². The first-order chi connectivity index (χ1) is 24.5. The molecule has 1 saturated carbocycles. The summed E-state index contributed by atoms with van der Waals surface area (Å²) in [6.45, 7) is 18.0. The van der Waals surface area contributed by atoms with Crippen LogP contribution in [0.15, 0.2) is 36.9 Å². The number of amides is 6. The zero-order chi connectivity index (χ0) is 38.4. The number of urea groups is 1. The van der Waals surface area contributed by atoms with Crippen LogP contribution in [0.5, 0.6) is 0 Å². The number of carbonyl (C=O) groups excluding carboxylic acids is 6. The molecule has 2 aliphatic carbocycles. The smallest absolute Gasteiger partial charge is 0.407 e. The number of rotatable bonds is 16. The van der Waals surface area contributed by atoms with Crippen molar-refractivity contribution < 1.29 is 33.5 Å². The van der Waals surface area contributed by atoms with Gasteiger partial charge < -0.3 is 36.2 Å². The van der Waals surface area contributed by atoms with Gasteiger partial charge in [-0.25, -0.2) is 9.59 Å². The molecule has 6 amide bonds. The lowest BCUT2D eigenvalue weighted by Crippen LogP contribution is -2.61. The lowest BCUT2D eigenvalue weighted by molar-refractivity contribution is -0.144. The summed E-state index contributed by atoms with van der Waals surface area (Å²) in [4.78, 5) is 82.2. The van der Waals surface area contributed by atoms with E-state index in [-0.39, 0.29) is 48.6 Å². The van der Waals surface area contributed by atoms with Gasteiger partial charge in [-0.1, -0.05) is 84.7 Å². The van der Waals surface area contributed by atoms with E-state index in [1.165, 1.54) is 6.08 Å². The van der Waals surface area contributed by atoms with E-state index in [1.54, 1.807) is 11.8 Å². The third-order valence-electron chi connectivity index (χ3n) is 11.0. The van der Waals surface area contributed by atoms with Crippen LogP contribution < -0.4 is 26.6 Å². The number of ketones is 1. The van der Waals surface area contributed by atoms with E-state index in [2.05, 4.69) is 47.0 Å². The summed E-state index contributed by atoms with van der Waals surface area (Å²) in [5.41, 5.74) is 1.49. The molecule has 2 fully saturated rings. The van der Waals surface area contributed by atoms with Crippen molar-refractivity contribution in [2.45, 2.75) is 105 Å². The number of piperidine rings is 1. The number of hydrogen-bond acceptors (Lipinski definition) is 7. The van der Waals surface area contributed by atoms with Crippen molar-refractivity contribution in [3.8, 4) is 0 Å². The molecule has 3 unspecified atom stereocenters. The van der Waals surface area contributed by atoms with Crippen molar-refractivity contribution in [1.29, 1.82) is 0 Å². The zero-order valence-electron chi connectivity index (χ0n) is 31.8. The number of Topliss-reactive ketones (excluding diaryl/α,β-unsaturated/α-hetero) is 1. The van der Waals surface area contributed by atoms with Crippen molar-refractivity contribution in [3.63, 3.8) is 0 Å². The quantitative estimate of drug-likeness (QED) is 0.129. The topological polar surface area (TPSA) is 175 Å². The molecule has 1 heterocycles. The predicted octanol–water partition coefficient (Wildman–Crippen LogP) is 3.26. The second-order valence-corrected chi connectivity index (χ2v) is 16.0. The number of alkyl carbamates (subject to hydrolysis) is 1. The van der Waals surface area contributed by atoms with Gasteiger partial charge in [-0.3, -0.25) is 19.2 Å². The Balaban J connectivity index is 1.59. The summed E-state index contributed by atoms with van der Waals surface area (Å²) in [6.07, 6.45) is 3.66. The Kier molecular flexibility index (Phi) is 13.1. The highest BCUT2D eigenvalue weighted by atomic mass is 16.5. The van der Waals surface area contributed by atoms with Gasteiger partial charge in [0.1, 0.15) is 18.7 Å². The van der Waals surface area contributed by atoms with Crippen LogP contribution in [0.1, 0.15) is 78.9 Å². The van der Waals surface area contributed by atoms with Gasteiger partial charge in [-0.2, -0.15) is 0 Å². The van der Waals surface area contributed by atoms with E-state index < -0.39 is 59.3 Å². The molecule has 1 aromatic rings. The van der Waals surface area contributed by atoms with Crippen LogP contribution in [0.2, 0.25) is 0 Å². The Morgan fingerprint density at radius 1 is 1.00 bits per heavy atom. The summed E-state index contributed by atoms with van der Waals surface area (Å²) in [6, 6.07) is 3.87. The van der Waals surface area contributed by atoms with Crippen molar-refractivity contribution >= 4 is 35.6 Å². The van der Waals surface area contributed by atoms with Crippen LogP contribution in [-0.4, -0.2) is 90.9 Å². The monoisotopic (exact) mass is 722 g/mol. The fourth-order valence-electron chi connectivity index (χ4n) is 7.75. The standard InChI is InChI=1S/C39H58N6O7/c1-9-12-17-27(32(46)34(48)41-18-10-2)42-33(47)31-29-26(39(29,7)8)21-45(31)35(49)30(25-19-23-15-13-14-16-24(23)20-25)44-36(50)43-28(38(4,5)6)22-52-37(51)40-11-3/h10,13-16,25-31H,2,9,11-12,17-22H2,1,3-8H3,(H,40,51)(H,41,48)(H,42,47)(H2,43,44,50)/t26-,27?,28+,29-,30?,31?/m0/s1. The number of hydrogen-bond donors (Lipinski definition) is 5. The number of ether oxygens (including phenoxy) is 1. The summed E-state index contributed by atoms with van der Waals surface area (Å²) in [7, 11) is 0. The minimum absolute atomic E-state index is 0.0554. The lowest BCUT2D eigenvalue weighted by atomic mass is 9.87. The third kappa shape index (κ3) is 9.32. The van der Waals surface area contributed by atoms with E-state index >= 15 is 0 Å². The minimum Gasteiger partial charge on any atom is -0.447 e.